The zero-order chi connectivity index (χ0) is 16.8. The van der Waals surface area contributed by atoms with Crippen LogP contribution in [0.15, 0.2) is 30.3 Å². The molecular weight excluding hydrogens is 294 g/mol. The predicted octanol–water partition coefficient (Wildman–Crippen LogP) is 5.36. The van der Waals surface area contributed by atoms with Crippen LogP contribution in [0.5, 0.6) is 0 Å². The monoisotopic (exact) mass is 327 g/mol. The van der Waals surface area contributed by atoms with Gasteiger partial charge >= 0.3 is 0 Å². The van der Waals surface area contributed by atoms with Crippen molar-refractivity contribution in [3.05, 3.63) is 35.9 Å². The van der Waals surface area contributed by atoms with Crippen LogP contribution in [0.2, 0.25) is 0 Å². The van der Waals surface area contributed by atoms with Gasteiger partial charge in [-0.25, -0.2) is 0 Å². The fourth-order valence-corrected chi connectivity index (χ4v) is 4.72. The number of rotatable bonds is 8. The molecule has 2 saturated heterocycles. The second kappa shape index (κ2) is 8.80. The minimum atomic E-state index is 0.342. The molecular formula is C22H33NO. The van der Waals surface area contributed by atoms with Crippen LogP contribution in [0.25, 0.3) is 0 Å². The quantitative estimate of drug-likeness (QED) is 0.599. The Bertz CT molecular complexity index is 498. The molecule has 2 heteroatoms. The van der Waals surface area contributed by atoms with E-state index in [2.05, 4.69) is 42.2 Å². The van der Waals surface area contributed by atoms with Gasteiger partial charge < -0.3 is 0 Å². The smallest absolute Gasteiger partial charge is 0.136 e. The van der Waals surface area contributed by atoms with Gasteiger partial charge in [0.15, 0.2) is 0 Å². The van der Waals surface area contributed by atoms with Crippen LogP contribution in [-0.4, -0.2) is 22.8 Å². The summed E-state index contributed by atoms with van der Waals surface area (Å²) in [5.74, 6) is 0.899. The van der Waals surface area contributed by atoms with E-state index in [0.29, 0.717) is 23.8 Å². The van der Waals surface area contributed by atoms with E-state index in [1.165, 1.54) is 44.1 Å². The van der Waals surface area contributed by atoms with Gasteiger partial charge in [-0.3, -0.25) is 9.69 Å². The summed E-state index contributed by atoms with van der Waals surface area (Å²) in [5, 5.41) is 0. The number of unbranched alkanes of at least 4 members (excludes halogenated alkanes) is 3. The third kappa shape index (κ3) is 4.47. The molecule has 24 heavy (non-hydrogen) atoms. The molecule has 0 aromatic heterocycles. The molecule has 132 valence electrons. The molecule has 2 fully saturated rings. The van der Waals surface area contributed by atoms with E-state index in [0.717, 1.165) is 32.2 Å². The van der Waals surface area contributed by atoms with Crippen LogP contribution in [0.4, 0.5) is 0 Å². The summed E-state index contributed by atoms with van der Waals surface area (Å²) in [5.41, 5.74) is 1.42. The molecule has 2 aliphatic rings. The number of carbonyl (C=O) groups is 1. The maximum absolute atomic E-state index is 12.6. The van der Waals surface area contributed by atoms with E-state index in [9.17, 15) is 4.79 Å². The molecule has 0 amide bonds. The van der Waals surface area contributed by atoms with Gasteiger partial charge in [0.2, 0.25) is 0 Å². The van der Waals surface area contributed by atoms with Gasteiger partial charge in [0.25, 0.3) is 0 Å². The number of piperidine rings is 2. The normalized spacial score (nSPS) is 27.1. The number of fused-ring (bicyclic) bond motifs is 2. The Hall–Kier alpha value is -1.15. The lowest BCUT2D eigenvalue weighted by molar-refractivity contribution is -0.127. The first-order valence-corrected chi connectivity index (χ1v) is 10.1. The van der Waals surface area contributed by atoms with Crippen LogP contribution in [0.1, 0.15) is 76.7 Å². The summed E-state index contributed by atoms with van der Waals surface area (Å²) >= 11 is 0. The van der Waals surface area contributed by atoms with E-state index in [-0.39, 0.29) is 0 Å². The largest absolute Gasteiger partial charge is 0.299 e. The standard InChI is InChI=1S/C22H33NO/c1-2-3-4-8-14-22(24)19-15-20-12-9-13-21(16-19)23(20)17-18-10-6-5-7-11-18/h5-7,10-11,19-21H,2-4,8-9,12-17H2,1H3. The molecule has 2 heterocycles. The van der Waals surface area contributed by atoms with Crippen molar-refractivity contribution in [2.75, 3.05) is 0 Å². The van der Waals surface area contributed by atoms with Crippen molar-refractivity contribution in [3.8, 4) is 0 Å². The molecule has 3 rings (SSSR count). The molecule has 1 aromatic rings. The first-order valence-electron chi connectivity index (χ1n) is 10.1. The van der Waals surface area contributed by atoms with Crippen molar-refractivity contribution in [1.82, 2.24) is 4.90 Å². The maximum Gasteiger partial charge on any atom is 0.136 e. The third-order valence-corrected chi connectivity index (χ3v) is 6.07. The lowest BCUT2D eigenvalue weighted by Gasteiger charge is -2.48. The van der Waals surface area contributed by atoms with Crippen LogP contribution >= 0.6 is 0 Å². The van der Waals surface area contributed by atoms with Crippen molar-refractivity contribution < 1.29 is 4.79 Å². The first kappa shape index (κ1) is 17.7. The molecule has 0 spiro atoms. The van der Waals surface area contributed by atoms with E-state index in [1.54, 1.807) is 0 Å². The SMILES string of the molecule is CCCCCCC(=O)C1CC2CCCC(C1)N2Cc1ccccc1. The van der Waals surface area contributed by atoms with Gasteiger partial charge in [0, 0.05) is 31.0 Å². The first-order chi connectivity index (χ1) is 11.8. The van der Waals surface area contributed by atoms with Gasteiger partial charge in [-0.05, 0) is 37.7 Å². The number of ketones is 1. The molecule has 2 aliphatic heterocycles. The number of Topliss-reactive ketones (excluding diaryl/α,β-unsaturated/α-hetero) is 1. The van der Waals surface area contributed by atoms with E-state index in [1.807, 2.05) is 0 Å². The minimum Gasteiger partial charge on any atom is -0.299 e. The Morgan fingerprint density at radius 1 is 1.04 bits per heavy atom. The topological polar surface area (TPSA) is 20.3 Å². The predicted molar refractivity (Wildman–Crippen MR) is 99.9 cm³/mol. The fraction of sp³-hybridized carbons (Fsp3) is 0.682. The van der Waals surface area contributed by atoms with Crippen molar-refractivity contribution in [3.63, 3.8) is 0 Å². The summed E-state index contributed by atoms with van der Waals surface area (Å²) in [7, 11) is 0. The molecule has 0 N–H and O–H groups in total. The van der Waals surface area contributed by atoms with Crippen LogP contribution in [0, 0.1) is 5.92 Å². The lowest BCUT2D eigenvalue weighted by atomic mass is 9.76. The molecule has 2 bridgehead atoms. The molecule has 0 saturated carbocycles. The van der Waals surface area contributed by atoms with Gasteiger partial charge in [0.05, 0.1) is 0 Å². The number of carbonyl (C=O) groups excluding carboxylic acids is 1. The Labute approximate surface area is 147 Å². The van der Waals surface area contributed by atoms with Crippen molar-refractivity contribution in [1.29, 1.82) is 0 Å². The average molecular weight is 328 g/mol. The Balaban J connectivity index is 1.56. The van der Waals surface area contributed by atoms with E-state index < -0.39 is 0 Å². The average Bonchev–Trinajstić information content (AvgIpc) is 2.59. The van der Waals surface area contributed by atoms with E-state index >= 15 is 0 Å². The molecule has 2 nitrogen and oxygen atoms in total. The van der Waals surface area contributed by atoms with Gasteiger partial charge in [-0.1, -0.05) is 62.9 Å². The number of nitrogens with zero attached hydrogens (tertiary/aromatic N) is 1. The second-order valence-electron chi connectivity index (χ2n) is 7.84. The summed E-state index contributed by atoms with van der Waals surface area (Å²) in [6.07, 6.45) is 11.8. The number of benzene rings is 1. The highest BCUT2D eigenvalue weighted by molar-refractivity contribution is 5.81. The maximum atomic E-state index is 12.6. The molecule has 1 aromatic carbocycles. The zero-order valence-corrected chi connectivity index (χ0v) is 15.3. The minimum absolute atomic E-state index is 0.342. The van der Waals surface area contributed by atoms with E-state index in [4.69, 9.17) is 0 Å². The van der Waals surface area contributed by atoms with Crippen molar-refractivity contribution >= 4 is 5.78 Å². The van der Waals surface area contributed by atoms with Crippen molar-refractivity contribution in [2.24, 2.45) is 5.92 Å². The molecule has 2 unspecified atom stereocenters. The highest BCUT2D eigenvalue weighted by Gasteiger charge is 2.40. The Kier molecular flexibility index (Phi) is 6.48. The lowest BCUT2D eigenvalue weighted by Crippen LogP contribution is -2.52. The molecule has 0 aliphatic carbocycles. The second-order valence-corrected chi connectivity index (χ2v) is 7.84. The summed E-state index contributed by atoms with van der Waals surface area (Å²) in [4.78, 5) is 15.3. The van der Waals surface area contributed by atoms with Crippen LogP contribution < -0.4 is 0 Å². The van der Waals surface area contributed by atoms with Gasteiger partial charge in [-0.15, -0.1) is 0 Å². The summed E-state index contributed by atoms with van der Waals surface area (Å²) in [6.45, 7) is 3.29. The zero-order valence-electron chi connectivity index (χ0n) is 15.3. The third-order valence-electron chi connectivity index (χ3n) is 6.07. The molecule has 0 radical (unpaired) electrons. The van der Waals surface area contributed by atoms with Crippen LogP contribution in [-0.2, 0) is 11.3 Å². The van der Waals surface area contributed by atoms with Crippen molar-refractivity contribution in [2.45, 2.75) is 89.8 Å². The summed E-state index contributed by atoms with van der Waals surface area (Å²) in [6, 6.07) is 12.1. The fourth-order valence-electron chi connectivity index (χ4n) is 4.72. The Morgan fingerprint density at radius 2 is 1.75 bits per heavy atom. The highest BCUT2D eigenvalue weighted by Crippen LogP contribution is 2.38. The van der Waals surface area contributed by atoms with Crippen LogP contribution in [0.3, 0.4) is 0 Å². The van der Waals surface area contributed by atoms with Gasteiger partial charge in [0.1, 0.15) is 5.78 Å². The summed E-state index contributed by atoms with van der Waals surface area (Å²) < 4.78 is 0. The Morgan fingerprint density at radius 3 is 2.42 bits per heavy atom. The van der Waals surface area contributed by atoms with Gasteiger partial charge in [-0.2, -0.15) is 0 Å². The highest BCUT2D eigenvalue weighted by atomic mass is 16.1. The molecule has 2 atom stereocenters. The number of hydrogen-bond acceptors (Lipinski definition) is 2. The number of hydrogen-bond donors (Lipinski definition) is 0.